The second-order valence-electron chi connectivity index (χ2n) is 4.78. The number of aliphatic hydroxyl groups is 1. The smallest absolute Gasteiger partial charge is 0.142 e. The molecule has 0 fully saturated rings. The van der Waals surface area contributed by atoms with E-state index in [1.165, 1.54) is 6.20 Å². The third kappa shape index (κ3) is 3.96. The van der Waals surface area contributed by atoms with E-state index in [9.17, 15) is 5.11 Å². The van der Waals surface area contributed by atoms with Crippen LogP contribution in [-0.2, 0) is 0 Å². The lowest BCUT2D eigenvalue weighted by Gasteiger charge is -2.23. The summed E-state index contributed by atoms with van der Waals surface area (Å²) in [6, 6.07) is 1.64. The van der Waals surface area contributed by atoms with E-state index in [4.69, 9.17) is 17.3 Å². The molecule has 0 bridgehead atoms. The molecule has 4 N–H and O–H groups in total. The molecule has 0 amide bonds. The summed E-state index contributed by atoms with van der Waals surface area (Å²) in [5, 5.41) is 13.5. The van der Waals surface area contributed by atoms with Gasteiger partial charge in [0.05, 0.1) is 11.1 Å². The highest BCUT2D eigenvalue weighted by atomic mass is 35.5. The Balaban J connectivity index is 2.66. The lowest BCUT2D eigenvalue weighted by molar-refractivity contribution is 0.163. The molecule has 0 unspecified atom stereocenters. The van der Waals surface area contributed by atoms with Gasteiger partial charge in [-0.05, 0) is 26.8 Å². The van der Waals surface area contributed by atoms with Crippen molar-refractivity contribution in [3.63, 3.8) is 0 Å². The Morgan fingerprint density at radius 1 is 1.56 bits per heavy atom. The number of anilines is 1. The Morgan fingerprint density at radius 3 is 2.69 bits per heavy atom. The molecule has 5 heteroatoms. The molecule has 0 saturated heterocycles. The summed E-state index contributed by atoms with van der Waals surface area (Å²) < 4.78 is 0. The molecule has 0 saturated carbocycles. The number of nitrogens with zero attached hydrogens (tertiary/aromatic N) is 1. The van der Waals surface area contributed by atoms with Gasteiger partial charge in [0, 0.05) is 23.8 Å². The predicted molar refractivity (Wildman–Crippen MR) is 66.4 cm³/mol. The van der Waals surface area contributed by atoms with E-state index in [0.29, 0.717) is 17.1 Å². The van der Waals surface area contributed by atoms with Crippen LogP contribution in [0.4, 0.5) is 5.82 Å². The molecule has 1 aromatic rings. The van der Waals surface area contributed by atoms with Crippen LogP contribution < -0.4 is 11.1 Å². The third-order valence-electron chi connectivity index (χ3n) is 2.10. The van der Waals surface area contributed by atoms with Crippen LogP contribution in [0.15, 0.2) is 12.3 Å². The molecule has 0 radical (unpaired) electrons. The van der Waals surface area contributed by atoms with Crippen LogP contribution in [0.1, 0.15) is 32.4 Å². The number of halogens is 1. The van der Waals surface area contributed by atoms with E-state index >= 15 is 0 Å². The Hall–Kier alpha value is -0.840. The zero-order valence-corrected chi connectivity index (χ0v) is 10.5. The maximum absolute atomic E-state index is 9.90. The number of aromatic nitrogens is 1. The van der Waals surface area contributed by atoms with Crippen molar-refractivity contribution in [3.8, 4) is 0 Å². The number of aliphatic hydroxyl groups excluding tert-OH is 1. The summed E-state index contributed by atoms with van der Waals surface area (Å²) in [6.45, 7) is 6.56. The topological polar surface area (TPSA) is 71.2 Å². The van der Waals surface area contributed by atoms with Crippen LogP contribution in [0.2, 0.25) is 5.02 Å². The first-order valence-corrected chi connectivity index (χ1v) is 5.51. The fraction of sp³-hybridized carbons (Fsp3) is 0.545. The quantitative estimate of drug-likeness (QED) is 0.756. The Labute approximate surface area is 101 Å². The highest BCUT2D eigenvalue weighted by molar-refractivity contribution is 6.32. The SMILES string of the molecule is CC(C)(C)NC[C@@H](O)c1cnc(N)c(Cl)c1. The van der Waals surface area contributed by atoms with Crippen LogP contribution in [0.25, 0.3) is 0 Å². The number of nitrogens with two attached hydrogens (primary N) is 1. The molecular formula is C11H18ClN3O. The molecule has 0 aliphatic heterocycles. The molecular weight excluding hydrogens is 226 g/mol. The normalized spacial score (nSPS) is 13.8. The van der Waals surface area contributed by atoms with Crippen molar-refractivity contribution < 1.29 is 5.11 Å². The molecule has 0 spiro atoms. The summed E-state index contributed by atoms with van der Waals surface area (Å²) >= 11 is 5.83. The minimum Gasteiger partial charge on any atom is -0.387 e. The van der Waals surface area contributed by atoms with Gasteiger partial charge in [0.2, 0.25) is 0 Å². The van der Waals surface area contributed by atoms with Crippen LogP contribution in [0.3, 0.4) is 0 Å². The zero-order valence-electron chi connectivity index (χ0n) is 9.79. The minimum absolute atomic E-state index is 0.0357. The van der Waals surface area contributed by atoms with E-state index in [1.807, 2.05) is 20.8 Å². The van der Waals surface area contributed by atoms with E-state index in [0.717, 1.165) is 0 Å². The third-order valence-corrected chi connectivity index (χ3v) is 2.40. The van der Waals surface area contributed by atoms with Gasteiger partial charge in [0.25, 0.3) is 0 Å². The van der Waals surface area contributed by atoms with Crippen LogP contribution in [0.5, 0.6) is 0 Å². The van der Waals surface area contributed by atoms with Gasteiger partial charge in [0.1, 0.15) is 5.82 Å². The molecule has 1 atom stereocenters. The maximum Gasteiger partial charge on any atom is 0.142 e. The van der Waals surface area contributed by atoms with Crippen molar-refractivity contribution in [2.75, 3.05) is 12.3 Å². The van der Waals surface area contributed by atoms with E-state index < -0.39 is 6.10 Å². The number of nitrogens with one attached hydrogen (secondary N) is 1. The fourth-order valence-electron chi connectivity index (χ4n) is 1.17. The van der Waals surface area contributed by atoms with Gasteiger partial charge in [0.15, 0.2) is 0 Å². The van der Waals surface area contributed by atoms with Gasteiger partial charge in [-0.3, -0.25) is 0 Å². The maximum atomic E-state index is 9.90. The largest absolute Gasteiger partial charge is 0.387 e. The van der Waals surface area contributed by atoms with Gasteiger partial charge in [-0.15, -0.1) is 0 Å². The van der Waals surface area contributed by atoms with Crippen molar-refractivity contribution in [1.29, 1.82) is 0 Å². The van der Waals surface area contributed by atoms with Gasteiger partial charge in [-0.25, -0.2) is 4.98 Å². The van der Waals surface area contributed by atoms with Crippen molar-refractivity contribution >= 4 is 17.4 Å². The number of nitrogen functional groups attached to an aromatic ring is 1. The van der Waals surface area contributed by atoms with E-state index in [1.54, 1.807) is 6.07 Å². The average Bonchev–Trinajstić information content (AvgIpc) is 2.17. The molecule has 90 valence electrons. The van der Waals surface area contributed by atoms with Crippen LogP contribution in [-0.4, -0.2) is 22.2 Å². The van der Waals surface area contributed by atoms with Crippen molar-refractivity contribution in [1.82, 2.24) is 10.3 Å². The van der Waals surface area contributed by atoms with Crippen LogP contribution >= 0.6 is 11.6 Å². The lowest BCUT2D eigenvalue weighted by atomic mass is 10.1. The zero-order chi connectivity index (χ0) is 12.3. The van der Waals surface area contributed by atoms with Crippen molar-refractivity contribution in [3.05, 3.63) is 22.8 Å². The molecule has 0 aliphatic rings. The Bertz CT molecular complexity index is 363. The highest BCUT2D eigenvalue weighted by Gasteiger charge is 2.14. The summed E-state index contributed by atoms with van der Waals surface area (Å²) in [7, 11) is 0. The fourth-order valence-corrected chi connectivity index (χ4v) is 1.34. The van der Waals surface area contributed by atoms with Gasteiger partial charge >= 0.3 is 0 Å². The average molecular weight is 244 g/mol. The Morgan fingerprint density at radius 2 is 2.19 bits per heavy atom. The standard InChI is InChI=1S/C11H18ClN3O/c1-11(2,3)15-6-9(16)7-4-8(12)10(13)14-5-7/h4-5,9,15-16H,6H2,1-3H3,(H2,13,14)/t9-/m1/s1. The van der Waals surface area contributed by atoms with Gasteiger partial charge < -0.3 is 16.2 Å². The number of β-amino-alcohol motifs (C(OH)–C–C–N with tert-alkyl or cyclic N) is 1. The van der Waals surface area contributed by atoms with E-state index in [2.05, 4.69) is 10.3 Å². The second kappa shape index (κ2) is 4.99. The molecule has 1 heterocycles. The summed E-state index contributed by atoms with van der Waals surface area (Å²) in [6.07, 6.45) is 0.903. The van der Waals surface area contributed by atoms with Crippen LogP contribution in [0, 0.1) is 0 Å². The first kappa shape index (κ1) is 13.2. The molecule has 0 aromatic carbocycles. The Kier molecular flexibility index (Phi) is 4.13. The minimum atomic E-state index is -0.634. The van der Waals surface area contributed by atoms with Gasteiger partial charge in [-0.1, -0.05) is 11.6 Å². The number of rotatable bonds is 3. The molecule has 1 rings (SSSR count). The predicted octanol–water partition coefficient (Wildman–Crippen LogP) is 1.74. The summed E-state index contributed by atoms with van der Waals surface area (Å²) in [5.74, 6) is 0.279. The van der Waals surface area contributed by atoms with Gasteiger partial charge in [-0.2, -0.15) is 0 Å². The number of hydrogen-bond donors (Lipinski definition) is 3. The first-order chi connectivity index (χ1) is 7.29. The highest BCUT2D eigenvalue weighted by Crippen LogP contribution is 2.21. The lowest BCUT2D eigenvalue weighted by Crippen LogP contribution is -2.38. The van der Waals surface area contributed by atoms with E-state index in [-0.39, 0.29) is 11.4 Å². The molecule has 0 aliphatic carbocycles. The summed E-state index contributed by atoms with van der Waals surface area (Å²) in [5.41, 5.74) is 6.12. The molecule has 16 heavy (non-hydrogen) atoms. The van der Waals surface area contributed by atoms with Crippen molar-refractivity contribution in [2.24, 2.45) is 0 Å². The summed E-state index contributed by atoms with van der Waals surface area (Å²) in [4.78, 5) is 3.90. The second-order valence-corrected chi connectivity index (χ2v) is 5.19. The number of hydrogen-bond acceptors (Lipinski definition) is 4. The monoisotopic (exact) mass is 243 g/mol. The first-order valence-electron chi connectivity index (χ1n) is 5.13. The number of pyridine rings is 1. The van der Waals surface area contributed by atoms with Crippen molar-refractivity contribution in [2.45, 2.75) is 32.4 Å². The molecule has 1 aromatic heterocycles. The molecule has 4 nitrogen and oxygen atoms in total.